The molecule has 6 heteroatoms. The lowest BCUT2D eigenvalue weighted by Gasteiger charge is -2.31. The van der Waals surface area contributed by atoms with Crippen molar-refractivity contribution in [3.8, 4) is 10.6 Å². The molecule has 1 saturated heterocycles. The first-order valence-corrected chi connectivity index (χ1v) is 9.65. The number of hydrogen-bond donors (Lipinski definition) is 0. The highest BCUT2D eigenvalue weighted by Crippen LogP contribution is 2.28. The molecule has 3 heterocycles. The van der Waals surface area contributed by atoms with Crippen molar-refractivity contribution in [3.05, 3.63) is 65.2 Å². The highest BCUT2D eigenvalue weighted by Gasteiger charge is 2.27. The van der Waals surface area contributed by atoms with E-state index in [9.17, 15) is 4.79 Å². The van der Waals surface area contributed by atoms with Crippen LogP contribution in [0.15, 0.2) is 54.0 Å². The van der Waals surface area contributed by atoms with Crippen LogP contribution in [-0.2, 0) is 11.3 Å². The Labute approximate surface area is 156 Å². The van der Waals surface area contributed by atoms with Gasteiger partial charge in [0.1, 0.15) is 5.69 Å². The number of carbonyl (C=O) groups is 1. The van der Waals surface area contributed by atoms with E-state index in [1.807, 2.05) is 58.4 Å². The predicted molar refractivity (Wildman–Crippen MR) is 102 cm³/mol. The van der Waals surface area contributed by atoms with E-state index in [0.29, 0.717) is 31.8 Å². The van der Waals surface area contributed by atoms with Gasteiger partial charge in [-0.05, 0) is 23.9 Å². The quantitative estimate of drug-likeness (QED) is 0.709. The van der Waals surface area contributed by atoms with Crippen LogP contribution in [0.4, 0.5) is 0 Å². The summed E-state index contributed by atoms with van der Waals surface area (Å²) in [5.74, 6) is 0.0304. The Morgan fingerprint density at radius 1 is 1.27 bits per heavy atom. The van der Waals surface area contributed by atoms with Gasteiger partial charge in [0.25, 0.3) is 5.91 Å². The maximum atomic E-state index is 13.1. The third-order valence-electron chi connectivity index (χ3n) is 4.46. The highest BCUT2D eigenvalue weighted by atomic mass is 32.1. The lowest BCUT2D eigenvalue weighted by molar-refractivity contribution is -0.0123. The summed E-state index contributed by atoms with van der Waals surface area (Å²) in [5.41, 5.74) is 2.59. The normalized spacial score (nSPS) is 17.4. The molecular formula is C20H21N3O2S. The number of nitrogens with zero attached hydrogens (tertiary/aromatic N) is 3. The third-order valence-corrected chi connectivity index (χ3v) is 5.34. The molecule has 0 bridgehead atoms. The second kappa shape index (κ2) is 7.43. The predicted octanol–water partition coefficient (Wildman–Crippen LogP) is 3.52. The van der Waals surface area contributed by atoms with Crippen molar-refractivity contribution in [2.45, 2.75) is 19.6 Å². The number of morpholine rings is 1. The number of amides is 1. The average Bonchev–Trinajstić information content (AvgIpc) is 3.31. The average molecular weight is 367 g/mol. The topological polar surface area (TPSA) is 47.4 Å². The molecule has 0 saturated carbocycles. The van der Waals surface area contributed by atoms with E-state index in [0.717, 1.165) is 16.1 Å². The minimum Gasteiger partial charge on any atom is -0.375 e. The van der Waals surface area contributed by atoms with Gasteiger partial charge in [-0.1, -0.05) is 36.4 Å². The van der Waals surface area contributed by atoms with Gasteiger partial charge in [-0.3, -0.25) is 9.48 Å². The van der Waals surface area contributed by atoms with Crippen LogP contribution in [-0.4, -0.2) is 46.4 Å². The summed E-state index contributed by atoms with van der Waals surface area (Å²) in [5, 5.41) is 6.74. The fourth-order valence-electron chi connectivity index (χ4n) is 3.20. The van der Waals surface area contributed by atoms with Crippen molar-refractivity contribution in [2.75, 3.05) is 19.7 Å². The fourth-order valence-corrected chi connectivity index (χ4v) is 3.92. The first kappa shape index (κ1) is 17.0. The smallest absolute Gasteiger partial charge is 0.257 e. The number of ether oxygens (including phenoxy) is 1. The van der Waals surface area contributed by atoms with Crippen molar-refractivity contribution >= 4 is 17.2 Å². The molecule has 0 aliphatic carbocycles. The Morgan fingerprint density at radius 3 is 2.85 bits per heavy atom. The van der Waals surface area contributed by atoms with Gasteiger partial charge in [0.2, 0.25) is 0 Å². The molecule has 1 aliphatic heterocycles. The van der Waals surface area contributed by atoms with E-state index >= 15 is 0 Å². The van der Waals surface area contributed by atoms with Gasteiger partial charge in [-0.25, -0.2) is 0 Å². The number of rotatable bonds is 4. The molecule has 134 valence electrons. The number of aromatic nitrogens is 2. The van der Waals surface area contributed by atoms with Crippen molar-refractivity contribution in [3.63, 3.8) is 0 Å². The van der Waals surface area contributed by atoms with Crippen molar-refractivity contribution in [1.82, 2.24) is 14.7 Å². The molecule has 0 spiro atoms. The molecule has 1 fully saturated rings. The maximum Gasteiger partial charge on any atom is 0.257 e. The second-order valence-electron chi connectivity index (χ2n) is 6.48. The lowest BCUT2D eigenvalue weighted by atomic mass is 10.1. The zero-order valence-corrected chi connectivity index (χ0v) is 15.5. The van der Waals surface area contributed by atoms with Gasteiger partial charge in [-0.2, -0.15) is 5.10 Å². The molecular weight excluding hydrogens is 346 g/mol. The number of carbonyl (C=O) groups excluding carboxylic acids is 1. The van der Waals surface area contributed by atoms with Gasteiger partial charge < -0.3 is 9.64 Å². The fraction of sp³-hybridized carbons (Fsp3) is 0.300. The van der Waals surface area contributed by atoms with Gasteiger partial charge in [0, 0.05) is 19.3 Å². The number of hydrogen-bond acceptors (Lipinski definition) is 4. The Balaban J connectivity index is 1.66. The van der Waals surface area contributed by atoms with Gasteiger partial charge in [0.05, 0.1) is 29.7 Å². The Bertz CT molecular complexity index is 874. The monoisotopic (exact) mass is 367 g/mol. The molecule has 1 amide bonds. The summed E-state index contributed by atoms with van der Waals surface area (Å²) >= 11 is 1.60. The van der Waals surface area contributed by atoms with Crippen molar-refractivity contribution in [2.24, 2.45) is 0 Å². The van der Waals surface area contributed by atoms with Crippen molar-refractivity contribution in [1.29, 1.82) is 0 Å². The molecule has 1 aromatic carbocycles. The molecule has 0 N–H and O–H groups in total. The van der Waals surface area contributed by atoms with E-state index in [-0.39, 0.29) is 12.0 Å². The highest BCUT2D eigenvalue weighted by molar-refractivity contribution is 7.13. The molecule has 5 nitrogen and oxygen atoms in total. The molecule has 4 rings (SSSR count). The maximum absolute atomic E-state index is 13.1. The van der Waals surface area contributed by atoms with Gasteiger partial charge in [0.15, 0.2) is 0 Å². The molecule has 0 radical (unpaired) electrons. The lowest BCUT2D eigenvalue weighted by Crippen LogP contribution is -2.44. The van der Waals surface area contributed by atoms with Crippen LogP contribution in [0.5, 0.6) is 0 Å². The molecule has 0 unspecified atom stereocenters. The van der Waals surface area contributed by atoms with Crippen LogP contribution in [0.25, 0.3) is 10.6 Å². The van der Waals surface area contributed by atoms with Crippen LogP contribution in [0.2, 0.25) is 0 Å². The standard InChI is InChI=1S/C20H21N3O2S/c1-15-12-22(9-10-25-15)20(24)17-14-23(13-16-6-3-2-4-7-16)21-19(17)18-8-5-11-26-18/h2-8,11,14-15H,9-10,12-13H2,1H3/t15-/m1/s1. The van der Waals surface area contributed by atoms with Crippen LogP contribution in [0.1, 0.15) is 22.8 Å². The summed E-state index contributed by atoms with van der Waals surface area (Å²) in [6.07, 6.45) is 1.95. The zero-order chi connectivity index (χ0) is 17.9. The summed E-state index contributed by atoms with van der Waals surface area (Å²) in [4.78, 5) is 16.0. The van der Waals surface area contributed by atoms with Crippen LogP contribution in [0, 0.1) is 0 Å². The van der Waals surface area contributed by atoms with Gasteiger partial charge >= 0.3 is 0 Å². The van der Waals surface area contributed by atoms with E-state index < -0.39 is 0 Å². The minimum atomic E-state index is 0.0304. The largest absolute Gasteiger partial charge is 0.375 e. The van der Waals surface area contributed by atoms with Crippen LogP contribution >= 0.6 is 11.3 Å². The number of benzene rings is 1. The summed E-state index contributed by atoms with van der Waals surface area (Å²) in [6.45, 7) is 4.47. The minimum absolute atomic E-state index is 0.0304. The van der Waals surface area contributed by atoms with E-state index in [1.54, 1.807) is 11.3 Å². The molecule has 1 atom stereocenters. The van der Waals surface area contributed by atoms with Crippen molar-refractivity contribution < 1.29 is 9.53 Å². The summed E-state index contributed by atoms with van der Waals surface area (Å²) in [6, 6.07) is 14.2. The zero-order valence-electron chi connectivity index (χ0n) is 14.7. The first-order valence-electron chi connectivity index (χ1n) is 8.77. The molecule has 3 aromatic rings. The Hall–Kier alpha value is -2.44. The molecule has 2 aromatic heterocycles. The SMILES string of the molecule is C[C@@H]1CN(C(=O)c2cn(Cc3ccccc3)nc2-c2cccs2)CCO1. The van der Waals surface area contributed by atoms with Crippen LogP contribution in [0.3, 0.4) is 0 Å². The molecule has 1 aliphatic rings. The van der Waals surface area contributed by atoms with Gasteiger partial charge in [-0.15, -0.1) is 11.3 Å². The van der Waals surface area contributed by atoms with Crippen LogP contribution < -0.4 is 0 Å². The Kier molecular flexibility index (Phi) is 4.86. The second-order valence-corrected chi connectivity index (χ2v) is 7.43. The summed E-state index contributed by atoms with van der Waals surface area (Å²) in [7, 11) is 0. The first-order chi connectivity index (χ1) is 12.7. The van der Waals surface area contributed by atoms with E-state index in [2.05, 4.69) is 12.1 Å². The van der Waals surface area contributed by atoms with E-state index in [1.165, 1.54) is 0 Å². The third kappa shape index (κ3) is 3.57. The molecule has 26 heavy (non-hydrogen) atoms. The Morgan fingerprint density at radius 2 is 2.12 bits per heavy atom. The summed E-state index contributed by atoms with van der Waals surface area (Å²) < 4.78 is 7.43. The number of thiophene rings is 1. The van der Waals surface area contributed by atoms with E-state index in [4.69, 9.17) is 9.84 Å².